The van der Waals surface area contributed by atoms with Gasteiger partial charge in [-0.05, 0) is 76.1 Å². The maximum atomic E-state index is 13.1. The molecule has 38 heavy (non-hydrogen) atoms. The van der Waals surface area contributed by atoms with E-state index in [-0.39, 0.29) is 23.3 Å². The van der Waals surface area contributed by atoms with Gasteiger partial charge in [-0.3, -0.25) is 14.4 Å². The molecular weight excluding hydrogens is 562 g/mol. The van der Waals surface area contributed by atoms with Crippen molar-refractivity contribution >= 4 is 62.9 Å². The summed E-state index contributed by atoms with van der Waals surface area (Å²) < 4.78 is 0.819. The lowest BCUT2D eigenvalue weighted by molar-refractivity contribution is -0.114. The van der Waals surface area contributed by atoms with Crippen molar-refractivity contribution in [3.63, 3.8) is 0 Å². The van der Waals surface area contributed by atoms with Crippen LogP contribution in [0.2, 0.25) is 0 Å². The zero-order valence-corrected chi connectivity index (χ0v) is 22.6. The Bertz CT molecular complexity index is 1440. The van der Waals surface area contributed by atoms with Gasteiger partial charge in [-0.2, -0.15) is 0 Å². The van der Waals surface area contributed by atoms with Crippen molar-refractivity contribution in [2.45, 2.75) is 4.90 Å². The van der Waals surface area contributed by atoms with Gasteiger partial charge in [0, 0.05) is 20.6 Å². The first-order chi connectivity index (χ1) is 18.5. The average molecular weight is 587 g/mol. The highest BCUT2D eigenvalue weighted by Crippen LogP contribution is 2.24. The number of thioether (sulfide) groups is 1. The maximum absolute atomic E-state index is 13.1. The first kappa shape index (κ1) is 26.9. The summed E-state index contributed by atoms with van der Waals surface area (Å²) in [6.45, 7) is 0. The van der Waals surface area contributed by atoms with Crippen LogP contribution in [0.25, 0.3) is 6.08 Å². The lowest BCUT2D eigenvalue weighted by Crippen LogP contribution is -2.30. The third-order valence-corrected chi connectivity index (χ3v) is 6.97. The molecule has 0 saturated carbocycles. The Morgan fingerprint density at radius 1 is 0.737 bits per heavy atom. The lowest BCUT2D eigenvalue weighted by atomic mass is 10.1. The lowest BCUT2D eigenvalue weighted by Gasteiger charge is -2.12. The first-order valence-electron chi connectivity index (χ1n) is 11.7. The number of carbonyl (C=O) groups is 3. The molecule has 0 radical (unpaired) electrons. The Hall–Kier alpha value is -4.14. The summed E-state index contributed by atoms with van der Waals surface area (Å²) in [5, 5.41) is 8.44. The van der Waals surface area contributed by atoms with Crippen molar-refractivity contribution in [3.8, 4) is 0 Å². The second kappa shape index (κ2) is 13.4. The predicted octanol–water partition coefficient (Wildman–Crippen LogP) is 6.59. The number of rotatable bonds is 9. The molecule has 0 fully saturated rings. The van der Waals surface area contributed by atoms with Crippen molar-refractivity contribution in [2.24, 2.45) is 0 Å². The molecule has 4 rings (SSSR count). The molecule has 3 N–H and O–H groups in total. The molecule has 0 aromatic heterocycles. The quantitative estimate of drug-likeness (QED) is 0.153. The second-order valence-corrected chi connectivity index (χ2v) is 9.99. The number of carbonyl (C=O) groups excluding carboxylic acids is 3. The van der Waals surface area contributed by atoms with Gasteiger partial charge < -0.3 is 16.0 Å². The van der Waals surface area contributed by atoms with Gasteiger partial charge in [-0.15, -0.1) is 11.8 Å². The SMILES string of the molecule is O=C(CSc1ccc(NC(=O)/C(=C/c2ccccc2)NC(=O)c2ccccc2)cc1)Nc1ccccc1Br. The number of hydrogen-bond donors (Lipinski definition) is 3. The van der Waals surface area contributed by atoms with Crippen molar-refractivity contribution in [1.82, 2.24) is 5.32 Å². The van der Waals surface area contributed by atoms with Gasteiger partial charge in [0.15, 0.2) is 0 Å². The number of benzene rings is 4. The Balaban J connectivity index is 1.39. The zero-order chi connectivity index (χ0) is 26.7. The second-order valence-electron chi connectivity index (χ2n) is 8.08. The van der Waals surface area contributed by atoms with Gasteiger partial charge >= 0.3 is 0 Å². The molecule has 0 unspecified atom stereocenters. The standard InChI is InChI=1S/C30H24BrN3O3S/c31-25-13-7-8-14-26(25)33-28(35)20-38-24-17-15-23(16-18-24)32-30(37)27(19-21-9-3-1-4-10-21)34-29(36)22-11-5-2-6-12-22/h1-19H,20H2,(H,32,37)(H,33,35)(H,34,36)/b27-19-. The molecule has 6 nitrogen and oxygen atoms in total. The minimum atomic E-state index is -0.452. The van der Waals surface area contributed by atoms with Crippen LogP contribution in [0.3, 0.4) is 0 Å². The highest BCUT2D eigenvalue weighted by molar-refractivity contribution is 9.10. The van der Waals surface area contributed by atoms with Crippen LogP contribution in [0.1, 0.15) is 15.9 Å². The fourth-order valence-electron chi connectivity index (χ4n) is 3.39. The summed E-state index contributed by atoms with van der Waals surface area (Å²) >= 11 is 4.81. The van der Waals surface area contributed by atoms with Crippen LogP contribution in [-0.4, -0.2) is 23.5 Å². The molecule has 190 valence electrons. The van der Waals surface area contributed by atoms with Crippen LogP contribution in [0, 0.1) is 0 Å². The molecule has 0 aliphatic heterocycles. The first-order valence-corrected chi connectivity index (χ1v) is 13.5. The van der Waals surface area contributed by atoms with Crippen LogP contribution in [0.15, 0.2) is 124 Å². The van der Waals surface area contributed by atoms with E-state index < -0.39 is 5.91 Å². The third-order valence-electron chi connectivity index (χ3n) is 5.27. The smallest absolute Gasteiger partial charge is 0.272 e. The third kappa shape index (κ3) is 7.93. The van der Waals surface area contributed by atoms with E-state index >= 15 is 0 Å². The van der Waals surface area contributed by atoms with Gasteiger partial charge in [-0.25, -0.2) is 0 Å². The van der Waals surface area contributed by atoms with Crippen LogP contribution in [0.4, 0.5) is 11.4 Å². The number of anilines is 2. The van der Waals surface area contributed by atoms with Crippen molar-refractivity contribution in [3.05, 3.63) is 130 Å². The highest BCUT2D eigenvalue weighted by Gasteiger charge is 2.15. The van der Waals surface area contributed by atoms with E-state index in [2.05, 4.69) is 31.9 Å². The van der Waals surface area contributed by atoms with E-state index in [1.807, 2.05) is 72.8 Å². The number of amides is 3. The summed E-state index contributed by atoms with van der Waals surface area (Å²) in [7, 11) is 0. The van der Waals surface area contributed by atoms with E-state index in [1.165, 1.54) is 11.8 Å². The summed E-state index contributed by atoms with van der Waals surface area (Å²) in [5.41, 5.74) is 2.62. The monoisotopic (exact) mass is 585 g/mol. The maximum Gasteiger partial charge on any atom is 0.272 e. The van der Waals surface area contributed by atoms with Gasteiger partial charge in [0.25, 0.3) is 11.8 Å². The summed E-state index contributed by atoms with van der Waals surface area (Å²) in [5.74, 6) is -0.714. The molecule has 0 saturated heterocycles. The van der Waals surface area contributed by atoms with E-state index in [9.17, 15) is 14.4 Å². The fourth-order valence-corrected chi connectivity index (χ4v) is 4.47. The van der Waals surface area contributed by atoms with Crippen molar-refractivity contribution < 1.29 is 14.4 Å². The molecule has 3 amide bonds. The number of halogens is 1. The van der Waals surface area contributed by atoms with Crippen LogP contribution < -0.4 is 16.0 Å². The summed E-state index contributed by atoms with van der Waals surface area (Å²) in [6.07, 6.45) is 1.63. The topological polar surface area (TPSA) is 87.3 Å². The van der Waals surface area contributed by atoms with Gasteiger partial charge in [0.05, 0.1) is 11.4 Å². The Morgan fingerprint density at radius 3 is 2.05 bits per heavy atom. The normalized spacial score (nSPS) is 10.9. The van der Waals surface area contributed by atoms with E-state index in [1.54, 1.807) is 42.5 Å². The minimum absolute atomic E-state index is 0.118. The predicted molar refractivity (Wildman–Crippen MR) is 157 cm³/mol. The molecule has 4 aromatic carbocycles. The van der Waals surface area contributed by atoms with Crippen LogP contribution in [-0.2, 0) is 9.59 Å². The Kier molecular flexibility index (Phi) is 9.50. The van der Waals surface area contributed by atoms with Gasteiger partial charge in [-0.1, -0.05) is 60.7 Å². The van der Waals surface area contributed by atoms with E-state index in [0.717, 1.165) is 20.6 Å². The van der Waals surface area contributed by atoms with Crippen LogP contribution in [0.5, 0.6) is 0 Å². The largest absolute Gasteiger partial charge is 0.324 e. The highest BCUT2D eigenvalue weighted by atomic mass is 79.9. The molecular formula is C30H24BrN3O3S. The number of hydrogen-bond acceptors (Lipinski definition) is 4. The number of nitrogens with one attached hydrogen (secondary N) is 3. The summed E-state index contributed by atoms with van der Waals surface area (Å²) in [6, 6.07) is 32.6. The molecule has 0 bridgehead atoms. The van der Waals surface area contributed by atoms with Crippen molar-refractivity contribution in [1.29, 1.82) is 0 Å². The van der Waals surface area contributed by atoms with Gasteiger partial charge in [0.2, 0.25) is 5.91 Å². The zero-order valence-electron chi connectivity index (χ0n) is 20.2. The average Bonchev–Trinajstić information content (AvgIpc) is 2.94. The molecule has 0 spiro atoms. The molecule has 0 atom stereocenters. The summed E-state index contributed by atoms with van der Waals surface area (Å²) in [4.78, 5) is 39.1. The van der Waals surface area contributed by atoms with Crippen LogP contribution >= 0.6 is 27.7 Å². The Morgan fingerprint density at radius 2 is 1.37 bits per heavy atom. The molecule has 0 aliphatic carbocycles. The van der Waals surface area contributed by atoms with E-state index in [0.29, 0.717) is 11.3 Å². The molecule has 4 aromatic rings. The number of para-hydroxylation sites is 1. The minimum Gasteiger partial charge on any atom is -0.324 e. The Labute approximate surface area is 233 Å². The molecule has 0 aliphatic rings. The molecule has 0 heterocycles. The van der Waals surface area contributed by atoms with Crippen molar-refractivity contribution in [2.75, 3.05) is 16.4 Å². The fraction of sp³-hybridized carbons (Fsp3) is 0.0333. The van der Waals surface area contributed by atoms with Gasteiger partial charge in [0.1, 0.15) is 5.70 Å². The van der Waals surface area contributed by atoms with E-state index in [4.69, 9.17) is 0 Å². The molecule has 8 heteroatoms.